The lowest BCUT2D eigenvalue weighted by Crippen LogP contribution is -2.40. The van der Waals surface area contributed by atoms with Gasteiger partial charge >= 0.3 is 0 Å². The maximum atomic E-state index is 11.4. The Kier molecular flexibility index (Phi) is 5.05. The second kappa shape index (κ2) is 6.08. The Balaban J connectivity index is 2.03. The molecule has 0 aromatic heterocycles. The van der Waals surface area contributed by atoms with Crippen LogP contribution in [0.2, 0.25) is 0 Å². The van der Waals surface area contributed by atoms with E-state index in [1.807, 2.05) is 13.8 Å². The summed E-state index contributed by atoms with van der Waals surface area (Å²) in [6, 6.07) is 0.238. The Bertz CT molecular complexity index is 203. The molecule has 0 heterocycles. The first-order valence-electron chi connectivity index (χ1n) is 5.80. The standard InChI is InChI=1S/C11H22N2O2/c1-3-12-8(2)4-11(15)13-7-9-5-10(14)6-9/h8-10,12,14H,3-7H2,1-2H3,(H,13,15). The molecule has 0 aliphatic heterocycles. The SMILES string of the molecule is CCNC(C)CC(=O)NCC1CC(O)C1. The summed E-state index contributed by atoms with van der Waals surface area (Å²) >= 11 is 0. The molecule has 1 aliphatic rings. The fraction of sp³-hybridized carbons (Fsp3) is 0.909. The second-order valence-electron chi connectivity index (χ2n) is 4.46. The molecule has 15 heavy (non-hydrogen) atoms. The Morgan fingerprint density at radius 2 is 2.20 bits per heavy atom. The van der Waals surface area contributed by atoms with Crippen LogP contribution >= 0.6 is 0 Å². The van der Waals surface area contributed by atoms with Crippen LogP contribution in [0.15, 0.2) is 0 Å². The van der Waals surface area contributed by atoms with Crippen LogP contribution in [-0.4, -0.2) is 36.2 Å². The van der Waals surface area contributed by atoms with Gasteiger partial charge in [-0.3, -0.25) is 4.79 Å². The van der Waals surface area contributed by atoms with Gasteiger partial charge in [0.25, 0.3) is 0 Å². The van der Waals surface area contributed by atoms with Crippen molar-refractivity contribution in [1.82, 2.24) is 10.6 Å². The Morgan fingerprint density at radius 1 is 1.53 bits per heavy atom. The number of hydrogen-bond donors (Lipinski definition) is 3. The molecule has 88 valence electrons. The van der Waals surface area contributed by atoms with Crippen LogP contribution in [0, 0.1) is 5.92 Å². The van der Waals surface area contributed by atoms with Gasteiger partial charge < -0.3 is 15.7 Å². The number of carbonyl (C=O) groups excluding carboxylic acids is 1. The maximum Gasteiger partial charge on any atom is 0.221 e. The van der Waals surface area contributed by atoms with Gasteiger partial charge in [0, 0.05) is 19.0 Å². The lowest BCUT2D eigenvalue weighted by atomic mass is 9.82. The molecule has 0 bridgehead atoms. The molecule has 1 unspecified atom stereocenters. The zero-order valence-corrected chi connectivity index (χ0v) is 9.62. The number of nitrogens with one attached hydrogen (secondary N) is 2. The van der Waals surface area contributed by atoms with Crippen molar-refractivity contribution < 1.29 is 9.90 Å². The quantitative estimate of drug-likeness (QED) is 0.594. The van der Waals surface area contributed by atoms with Crippen LogP contribution < -0.4 is 10.6 Å². The zero-order valence-electron chi connectivity index (χ0n) is 9.62. The van der Waals surface area contributed by atoms with Crippen molar-refractivity contribution in [2.45, 2.75) is 45.3 Å². The molecule has 3 N–H and O–H groups in total. The number of rotatable bonds is 6. The van der Waals surface area contributed by atoms with Crippen molar-refractivity contribution in [2.75, 3.05) is 13.1 Å². The van der Waals surface area contributed by atoms with E-state index in [2.05, 4.69) is 10.6 Å². The molecule has 0 aromatic rings. The summed E-state index contributed by atoms with van der Waals surface area (Å²) in [6.45, 7) is 5.65. The van der Waals surface area contributed by atoms with Crippen LogP contribution in [-0.2, 0) is 4.79 Å². The van der Waals surface area contributed by atoms with E-state index in [1.54, 1.807) is 0 Å². The van der Waals surface area contributed by atoms with Gasteiger partial charge in [-0.2, -0.15) is 0 Å². The van der Waals surface area contributed by atoms with Crippen LogP contribution in [0.4, 0.5) is 0 Å². The van der Waals surface area contributed by atoms with Crippen LogP contribution in [0.5, 0.6) is 0 Å². The number of carbonyl (C=O) groups is 1. The van der Waals surface area contributed by atoms with Crippen molar-refractivity contribution in [3.63, 3.8) is 0 Å². The predicted octanol–water partition coefficient (Wildman–Crippen LogP) is 0.262. The molecular weight excluding hydrogens is 192 g/mol. The minimum Gasteiger partial charge on any atom is -0.393 e. The molecule has 1 amide bonds. The van der Waals surface area contributed by atoms with Gasteiger partial charge in [-0.15, -0.1) is 0 Å². The fourth-order valence-corrected chi connectivity index (χ4v) is 1.90. The average molecular weight is 214 g/mol. The first-order chi connectivity index (χ1) is 7.11. The van der Waals surface area contributed by atoms with Crippen molar-refractivity contribution in [3.05, 3.63) is 0 Å². The minimum atomic E-state index is -0.132. The monoisotopic (exact) mass is 214 g/mol. The van der Waals surface area contributed by atoms with E-state index in [9.17, 15) is 4.79 Å². The molecule has 0 aromatic carbocycles. The lowest BCUT2D eigenvalue weighted by Gasteiger charge is -2.31. The molecular formula is C11H22N2O2. The van der Waals surface area contributed by atoms with Crippen molar-refractivity contribution in [3.8, 4) is 0 Å². The van der Waals surface area contributed by atoms with E-state index in [0.29, 0.717) is 12.3 Å². The molecule has 1 aliphatic carbocycles. The van der Waals surface area contributed by atoms with Gasteiger partial charge in [-0.25, -0.2) is 0 Å². The first kappa shape index (κ1) is 12.5. The summed E-state index contributed by atoms with van der Waals surface area (Å²) in [5.41, 5.74) is 0. The van der Waals surface area contributed by atoms with E-state index in [-0.39, 0.29) is 18.1 Å². The van der Waals surface area contributed by atoms with Crippen LogP contribution in [0.25, 0.3) is 0 Å². The Labute approximate surface area is 91.4 Å². The normalized spacial score (nSPS) is 26.9. The topological polar surface area (TPSA) is 61.4 Å². The summed E-state index contributed by atoms with van der Waals surface area (Å²) in [4.78, 5) is 11.4. The Hall–Kier alpha value is -0.610. The van der Waals surface area contributed by atoms with Crippen molar-refractivity contribution in [1.29, 1.82) is 0 Å². The third-order valence-corrected chi connectivity index (χ3v) is 2.84. The highest BCUT2D eigenvalue weighted by Gasteiger charge is 2.27. The van der Waals surface area contributed by atoms with Crippen molar-refractivity contribution in [2.24, 2.45) is 5.92 Å². The van der Waals surface area contributed by atoms with Gasteiger partial charge in [0.1, 0.15) is 0 Å². The molecule has 1 atom stereocenters. The molecule has 4 heteroatoms. The van der Waals surface area contributed by atoms with E-state index >= 15 is 0 Å². The highest BCUT2D eigenvalue weighted by molar-refractivity contribution is 5.76. The zero-order chi connectivity index (χ0) is 11.3. The van der Waals surface area contributed by atoms with Gasteiger partial charge in [-0.1, -0.05) is 6.92 Å². The lowest BCUT2D eigenvalue weighted by molar-refractivity contribution is -0.122. The van der Waals surface area contributed by atoms with Crippen LogP contribution in [0.1, 0.15) is 33.1 Å². The van der Waals surface area contributed by atoms with Gasteiger partial charge in [0.05, 0.1) is 6.10 Å². The average Bonchev–Trinajstić information content (AvgIpc) is 2.11. The molecule has 0 saturated heterocycles. The largest absolute Gasteiger partial charge is 0.393 e. The van der Waals surface area contributed by atoms with Crippen LogP contribution in [0.3, 0.4) is 0 Å². The van der Waals surface area contributed by atoms with E-state index in [4.69, 9.17) is 5.11 Å². The summed E-state index contributed by atoms with van der Waals surface area (Å²) in [5, 5.41) is 15.2. The molecule has 1 rings (SSSR count). The van der Waals surface area contributed by atoms with E-state index in [0.717, 1.165) is 25.9 Å². The number of hydrogen-bond acceptors (Lipinski definition) is 3. The highest BCUT2D eigenvalue weighted by atomic mass is 16.3. The van der Waals surface area contributed by atoms with Gasteiger partial charge in [0.15, 0.2) is 0 Å². The molecule has 4 nitrogen and oxygen atoms in total. The van der Waals surface area contributed by atoms with E-state index < -0.39 is 0 Å². The summed E-state index contributed by atoms with van der Waals surface area (Å²) in [6.07, 6.45) is 2.07. The van der Waals surface area contributed by atoms with Gasteiger partial charge in [-0.05, 0) is 32.2 Å². The van der Waals surface area contributed by atoms with Crippen molar-refractivity contribution >= 4 is 5.91 Å². The van der Waals surface area contributed by atoms with E-state index in [1.165, 1.54) is 0 Å². The highest BCUT2D eigenvalue weighted by Crippen LogP contribution is 2.25. The summed E-state index contributed by atoms with van der Waals surface area (Å²) in [7, 11) is 0. The minimum absolute atomic E-state index is 0.102. The van der Waals surface area contributed by atoms with Gasteiger partial charge in [0.2, 0.25) is 5.91 Å². The Morgan fingerprint density at radius 3 is 2.73 bits per heavy atom. The number of aliphatic hydroxyl groups excluding tert-OH is 1. The summed E-state index contributed by atoms with van der Waals surface area (Å²) in [5.74, 6) is 0.586. The smallest absolute Gasteiger partial charge is 0.221 e. The molecule has 1 fully saturated rings. The molecule has 1 saturated carbocycles. The third kappa shape index (κ3) is 4.62. The molecule has 0 radical (unpaired) electrons. The second-order valence-corrected chi connectivity index (χ2v) is 4.46. The predicted molar refractivity (Wildman–Crippen MR) is 59.5 cm³/mol. The third-order valence-electron chi connectivity index (χ3n) is 2.84. The fourth-order valence-electron chi connectivity index (χ4n) is 1.90. The maximum absolute atomic E-state index is 11.4. The summed E-state index contributed by atoms with van der Waals surface area (Å²) < 4.78 is 0. The molecule has 0 spiro atoms. The number of amides is 1. The number of aliphatic hydroxyl groups is 1. The first-order valence-corrected chi connectivity index (χ1v) is 5.80.